The number of benzene rings is 1. The first kappa shape index (κ1) is 14.9. The Morgan fingerprint density at radius 1 is 1.24 bits per heavy atom. The lowest BCUT2D eigenvalue weighted by Crippen LogP contribution is -2.37. The molecule has 1 aromatic carbocycles. The fourth-order valence-corrected chi connectivity index (χ4v) is 3.26. The Morgan fingerprint density at radius 2 is 2.00 bits per heavy atom. The Balaban J connectivity index is 1.56. The van der Waals surface area contributed by atoms with Crippen molar-refractivity contribution >= 4 is 11.6 Å². The molecule has 1 N–H and O–H groups in total. The lowest BCUT2D eigenvalue weighted by molar-refractivity contribution is 0.171. The van der Waals surface area contributed by atoms with Gasteiger partial charge in [-0.3, -0.25) is 0 Å². The molecule has 0 bridgehead atoms. The summed E-state index contributed by atoms with van der Waals surface area (Å²) in [6.07, 6.45) is 2.68. The van der Waals surface area contributed by atoms with Crippen LogP contribution in [0.1, 0.15) is 25.3 Å². The summed E-state index contributed by atoms with van der Waals surface area (Å²) >= 11 is 6.26. The molecule has 0 amide bonds. The van der Waals surface area contributed by atoms with Crippen molar-refractivity contribution in [3.8, 4) is 11.5 Å². The number of nitrogens with zero attached hydrogens (tertiary/aromatic N) is 1. The van der Waals surface area contributed by atoms with E-state index in [1.54, 1.807) is 0 Å². The summed E-state index contributed by atoms with van der Waals surface area (Å²) in [6.45, 7) is 7.77. The van der Waals surface area contributed by atoms with Gasteiger partial charge in [-0.25, -0.2) is 0 Å². The topological polar surface area (TPSA) is 33.7 Å². The Kier molecular flexibility index (Phi) is 4.88. The molecule has 21 heavy (non-hydrogen) atoms. The van der Waals surface area contributed by atoms with Gasteiger partial charge in [0.05, 0.1) is 5.02 Å². The van der Waals surface area contributed by atoms with Gasteiger partial charge in [-0.15, -0.1) is 0 Å². The molecule has 0 aliphatic carbocycles. The van der Waals surface area contributed by atoms with Crippen LogP contribution < -0.4 is 14.8 Å². The van der Waals surface area contributed by atoms with Gasteiger partial charge in [0.15, 0.2) is 11.5 Å². The molecule has 3 rings (SSSR count). The molecule has 1 saturated heterocycles. The molecular weight excluding hydrogens is 288 g/mol. The van der Waals surface area contributed by atoms with Crippen molar-refractivity contribution in [2.45, 2.75) is 32.4 Å². The van der Waals surface area contributed by atoms with Gasteiger partial charge in [0.2, 0.25) is 0 Å². The molecular formula is C16H23ClN2O2. The Morgan fingerprint density at radius 3 is 2.81 bits per heavy atom. The SMILES string of the molecule is CC(CN1CCCC1)NCc1cc(Cl)c2c(c1)OCCO2. The minimum Gasteiger partial charge on any atom is -0.486 e. The summed E-state index contributed by atoms with van der Waals surface area (Å²) in [7, 11) is 0. The van der Waals surface area contributed by atoms with Crippen molar-refractivity contribution in [3.05, 3.63) is 22.7 Å². The van der Waals surface area contributed by atoms with E-state index in [0.717, 1.165) is 24.4 Å². The highest BCUT2D eigenvalue weighted by Gasteiger charge is 2.17. The van der Waals surface area contributed by atoms with Crippen molar-refractivity contribution < 1.29 is 9.47 Å². The van der Waals surface area contributed by atoms with Crippen LogP contribution in [0.25, 0.3) is 0 Å². The Hall–Kier alpha value is -0.970. The fraction of sp³-hybridized carbons (Fsp3) is 0.625. The van der Waals surface area contributed by atoms with Crippen LogP contribution in [-0.4, -0.2) is 43.8 Å². The number of nitrogens with one attached hydrogen (secondary N) is 1. The van der Waals surface area contributed by atoms with E-state index < -0.39 is 0 Å². The van der Waals surface area contributed by atoms with E-state index >= 15 is 0 Å². The molecule has 2 aliphatic heterocycles. The third-order valence-corrected chi connectivity index (χ3v) is 4.32. The van der Waals surface area contributed by atoms with Crippen LogP contribution in [0.4, 0.5) is 0 Å². The number of ether oxygens (including phenoxy) is 2. The van der Waals surface area contributed by atoms with E-state index in [-0.39, 0.29) is 0 Å². The number of halogens is 1. The monoisotopic (exact) mass is 310 g/mol. The molecule has 0 spiro atoms. The zero-order valence-corrected chi connectivity index (χ0v) is 13.3. The number of likely N-dealkylation sites (tertiary alicyclic amines) is 1. The lowest BCUT2D eigenvalue weighted by atomic mass is 10.1. The van der Waals surface area contributed by atoms with E-state index in [9.17, 15) is 0 Å². The van der Waals surface area contributed by atoms with Gasteiger partial charge < -0.3 is 19.7 Å². The first-order valence-electron chi connectivity index (χ1n) is 7.76. The van der Waals surface area contributed by atoms with Crippen molar-refractivity contribution in [1.82, 2.24) is 10.2 Å². The highest BCUT2D eigenvalue weighted by atomic mass is 35.5. The standard InChI is InChI=1S/C16H23ClN2O2/c1-12(11-19-4-2-3-5-19)18-10-13-8-14(17)16-15(9-13)20-6-7-21-16/h8-9,12,18H,2-7,10-11H2,1H3. The molecule has 2 heterocycles. The van der Waals surface area contributed by atoms with Gasteiger partial charge in [-0.05, 0) is 50.6 Å². The molecule has 2 aliphatic rings. The van der Waals surface area contributed by atoms with Crippen molar-refractivity contribution in [1.29, 1.82) is 0 Å². The lowest BCUT2D eigenvalue weighted by Gasteiger charge is -2.23. The summed E-state index contributed by atoms with van der Waals surface area (Å²) < 4.78 is 11.2. The number of hydrogen-bond donors (Lipinski definition) is 1. The van der Waals surface area contributed by atoms with Gasteiger partial charge in [0, 0.05) is 19.1 Å². The summed E-state index contributed by atoms with van der Waals surface area (Å²) in [4.78, 5) is 2.52. The van der Waals surface area contributed by atoms with Gasteiger partial charge in [-0.2, -0.15) is 0 Å². The minimum absolute atomic E-state index is 0.468. The third kappa shape index (κ3) is 3.82. The average molecular weight is 311 g/mol. The molecule has 116 valence electrons. The Labute approximate surface area is 131 Å². The van der Waals surface area contributed by atoms with Crippen LogP contribution in [0, 0.1) is 0 Å². The second-order valence-electron chi connectivity index (χ2n) is 5.89. The van der Waals surface area contributed by atoms with Crippen molar-refractivity contribution in [2.75, 3.05) is 32.8 Å². The predicted octanol–water partition coefficient (Wildman–Crippen LogP) is 2.69. The predicted molar refractivity (Wildman–Crippen MR) is 84.4 cm³/mol. The maximum atomic E-state index is 6.26. The van der Waals surface area contributed by atoms with Crippen molar-refractivity contribution in [3.63, 3.8) is 0 Å². The molecule has 0 radical (unpaired) electrons. The van der Waals surface area contributed by atoms with E-state index in [1.807, 2.05) is 12.1 Å². The summed E-state index contributed by atoms with van der Waals surface area (Å²) in [5.41, 5.74) is 1.14. The number of fused-ring (bicyclic) bond motifs is 1. The van der Waals surface area contributed by atoms with Gasteiger partial charge in [0.25, 0.3) is 0 Å². The normalized spacial score (nSPS) is 19.7. The molecule has 1 fully saturated rings. The van der Waals surface area contributed by atoms with E-state index in [2.05, 4.69) is 17.1 Å². The minimum atomic E-state index is 0.468. The van der Waals surface area contributed by atoms with Crippen LogP contribution in [0.15, 0.2) is 12.1 Å². The van der Waals surface area contributed by atoms with Gasteiger partial charge >= 0.3 is 0 Å². The van der Waals surface area contributed by atoms with E-state index in [0.29, 0.717) is 30.0 Å². The third-order valence-electron chi connectivity index (χ3n) is 4.04. The maximum Gasteiger partial charge on any atom is 0.179 e. The molecule has 4 nitrogen and oxygen atoms in total. The molecule has 1 unspecified atom stereocenters. The van der Waals surface area contributed by atoms with Crippen LogP contribution >= 0.6 is 11.6 Å². The first-order valence-corrected chi connectivity index (χ1v) is 8.14. The largest absolute Gasteiger partial charge is 0.486 e. The first-order chi connectivity index (χ1) is 10.2. The van der Waals surface area contributed by atoms with Crippen LogP contribution in [0.2, 0.25) is 5.02 Å². The van der Waals surface area contributed by atoms with Crippen LogP contribution in [-0.2, 0) is 6.54 Å². The molecule has 0 aromatic heterocycles. The number of rotatable bonds is 5. The second kappa shape index (κ2) is 6.86. The fourth-order valence-electron chi connectivity index (χ4n) is 2.98. The quantitative estimate of drug-likeness (QED) is 0.906. The zero-order chi connectivity index (χ0) is 14.7. The highest BCUT2D eigenvalue weighted by molar-refractivity contribution is 6.32. The molecule has 1 aromatic rings. The highest BCUT2D eigenvalue weighted by Crippen LogP contribution is 2.38. The van der Waals surface area contributed by atoms with Crippen LogP contribution in [0.3, 0.4) is 0 Å². The Bertz CT molecular complexity index is 489. The summed E-state index contributed by atoms with van der Waals surface area (Å²) in [5, 5.41) is 4.20. The van der Waals surface area contributed by atoms with Gasteiger partial charge in [0.1, 0.15) is 13.2 Å². The second-order valence-corrected chi connectivity index (χ2v) is 6.30. The molecule has 5 heteroatoms. The van der Waals surface area contributed by atoms with E-state index in [1.165, 1.54) is 25.9 Å². The average Bonchev–Trinajstić information content (AvgIpc) is 2.98. The summed E-state index contributed by atoms with van der Waals surface area (Å²) in [6, 6.07) is 4.45. The maximum absolute atomic E-state index is 6.26. The molecule has 0 saturated carbocycles. The van der Waals surface area contributed by atoms with Crippen molar-refractivity contribution in [2.24, 2.45) is 0 Å². The van der Waals surface area contributed by atoms with Crippen LogP contribution in [0.5, 0.6) is 11.5 Å². The smallest absolute Gasteiger partial charge is 0.179 e. The van der Waals surface area contributed by atoms with E-state index in [4.69, 9.17) is 21.1 Å². The number of hydrogen-bond acceptors (Lipinski definition) is 4. The molecule has 1 atom stereocenters. The summed E-state index contributed by atoms with van der Waals surface area (Å²) in [5.74, 6) is 1.44. The zero-order valence-electron chi connectivity index (χ0n) is 12.5. The van der Waals surface area contributed by atoms with Gasteiger partial charge in [-0.1, -0.05) is 11.6 Å².